The quantitative estimate of drug-likeness (QED) is 0.482. The van der Waals surface area contributed by atoms with Crippen molar-refractivity contribution in [3.63, 3.8) is 0 Å². The Kier molecular flexibility index (Phi) is 5.05. The van der Waals surface area contributed by atoms with Crippen molar-refractivity contribution < 1.29 is 14.3 Å². The normalized spacial score (nSPS) is 16.6. The summed E-state index contributed by atoms with van der Waals surface area (Å²) in [5.74, 6) is 1.65. The summed E-state index contributed by atoms with van der Waals surface area (Å²) >= 11 is 6.34. The van der Waals surface area contributed by atoms with Crippen LogP contribution in [0, 0.1) is 13.8 Å². The average Bonchev–Trinajstić information content (AvgIpc) is 3.07. The van der Waals surface area contributed by atoms with E-state index in [2.05, 4.69) is 4.90 Å². The van der Waals surface area contributed by atoms with Gasteiger partial charge in [0.25, 0.3) is 0 Å². The Morgan fingerprint density at radius 3 is 2.74 bits per heavy atom. The van der Waals surface area contributed by atoms with Gasteiger partial charge >= 0.3 is 0 Å². The minimum Gasteiger partial charge on any atom is -0.478 e. The number of nitrogens with zero attached hydrogens (tertiary/aromatic N) is 1. The molecule has 0 atom stereocenters. The van der Waals surface area contributed by atoms with Gasteiger partial charge in [-0.25, -0.2) is 0 Å². The lowest BCUT2D eigenvalue weighted by Crippen LogP contribution is -2.32. The van der Waals surface area contributed by atoms with Crippen molar-refractivity contribution in [2.75, 3.05) is 6.73 Å². The molecule has 4 nitrogen and oxygen atoms in total. The molecule has 31 heavy (non-hydrogen) atoms. The Morgan fingerprint density at radius 2 is 1.94 bits per heavy atom. The molecule has 0 aliphatic carbocycles. The van der Waals surface area contributed by atoms with Crippen molar-refractivity contribution >= 4 is 23.5 Å². The number of benzene rings is 3. The molecular weight excluding hydrogens is 410 g/mol. The molecule has 0 bridgehead atoms. The van der Waals surface area contributed by atoms with E-state index in [9.17, 15) is 4.79 Å². The van der Waals surface area contributed by atoms with Gasteiger partial charge < -0.3 is 9.47 Å². The first-order chi connectivity index (χ1) is 15.0. The first kappa shape index (κ1) is 19.9. The number of carbonyl (C=O) groups is 1. The Labute approximate surface area is 186 Å². The molecule has 3 aromatic rings. The second-order valence-electron chi connectivity index (χ2n) is 8.08. The fourth-order valence-corrected chi connectivity index (χ4v) is 4.35. The van der Waals surface area contributed by atoms with E-state index in [-0.39, 0.29) is 5.78 Å². The van der Waals surface area contributed by atoms with Gasteiger partial charge in [-0.3, -0.25) is 9.69 Å². The third-order valence-electron chi connectivity index (χ3n) is 5.68. The van der Waals surface area contributed by atoms with Crippen molar-refractivity contribution in [2.45, 2.75) is 26.9 Å². The van der Waals surface area contributed by atoms with Crippen LogP contribution in [0.15, 0.2) is 60.4 Å². The van der Waals surface area contributed by atoms with E-state index in [0.717, 1.165) is 38.6 Å². The number of fused-ring (bicyclic) bond motifs is 3. The maximum absolute atomic E-state index is 13.1. The highest BCUT2D eigenvalue weighted by atomic mass is 35.5. The van der Waals surface area contributed by atoms with Crippen LogP contribution in [-0.4, -0.2) is 17.4 Å². The molecule has 2 aliphatic heterocycles. The summed E-state index contributed by atoms with van der Waals surface area (Å²) < 4.78 is 12.2. The van der Waals surface area contributed by atoms with Crippen LogP contribution in [0.2, 0.25) is 5.02 Å². The van der Waals surface area contributed by atoms with Crippen molar-refractivity contribution in [1.82, 2.24) is 4.90 Å². The van der Waals surface area contributed by atoms with E-state index in [4.69, 9.17) is 21.1 Å². The zero-order chi connectivity index (χ0) is 21.5. The molecule has 2 heterocycles. The van der Waals surface area contributed by atoms with Crippen LogP contribution in [0.3, 0.4) is 0 Å². The average molecular weight is 432 g/mol. The van der Waals surface area contributed by atoms with Crippen LogP contribution >= 0.6 is 11.6 Å². The van der Waals surface area contributed by atoms with Gasteiger partial charge in [0.1, 0.15) is 18.2 Å². The Morgan fingerprint density at radius 1 is 1.10 bits per heavy atom. The lowest BCUT2D eigenvalue weighted by molar-refractivity contribution is 0.0872. The highest BCUT2D eigenvalue weighted by molar-refractivity contribution is 6.31. The predicted octanol–water partition coefficient (Wildman–Crippen LogP) is 5.93. The number of carbonyl (C=O) groups excluding carboxylic acids is 1. The number of halogens is 1. The number of hydrogen-bond donors (Lipinski definition) is 0. The number of allylic oxidation sites excluding steroid dienone is 1. The molecule has 5 heteroatoms. The molecule has 0 unspecified atom stereocenters. The van der Waals surface area contributed by atoms with E-state index in [0.29, 0.717) is 36.9 Å². The molecule has 0 N–H and O–H groups in total. The predicted molar refractivity (Wildman–Crippen MR) is 121 cm³/mol. The maximum atomic E-state index is 13.1. The van der Waals surface area contributed by atoms with Gasteiger partial charge in [-0.1, -0.05) is 59.6 Å². The molecule has 0 fully saturated rings. The maximum Gasteiger partial charge on any atom is 0.232 e. The van der Waals surface area contributed by atoms with Crippen molar-refractivity contribution in [2.24, 2.45) is 0 Å². The molecule has 0 saturated heterocycles. The van der Waals surface area contributed by atoms with E-state index >= 15 is 0 Å². The third-order valence-corrected chi connectivity index (χ3v) is 6.05. The van der Waals surface area contributed by atoms with Gasteiger partial charge in [0.05, 0.1) is 11.1 Å². The van der Waals surface area contributed by atoms with Crippen LogP contribution in [0.5, 0.6) is 11.5 Å². The number of rotatable bonds is 3. The molecule has 0 saturated carbocycles. The number of ether oxygens (including phenoxy) is 2. The summed E-state index contributed by atoms with van der Waals surface area (Å²) in [5.41, 5.74) is 5.51. The Bertz CT molecular complexity index is 1230. The van der Waals surface area contributed by atoms with Crippen LogP contribution < -0.4 is 9.47 Å². The zero-order valence-corrected chi connectivity index (χ0v) is 18.2. The molecule has 0 aromatic heterocycles. The van der Waals surface area contributed by atoms with Gasteiger partial charge in [0.15, 0.2) is 5.76 Å². The standard InChI is InChI=1S/C26H22ClNO3/c1-16-6-5-7-18(10-16)12-23-25(29)24-17(2)11-22-20(26(24)31-23)14-28(15-30-22)13-19-8-3-4-9-21(19)27/h3-12H,13-15H2,1-2H3/b23-12-. The van der Waals surface area contributed by atoms with E-state index in [1.807, 2.05) is 74.5 Å². The number of aryl methyl sites for hydroxylation is 2. The largest absolute Gasteiger partial charge is 0.478 e. The first-order valence-corrected chi connectivity index (χ1v) is 10.6. The SMILES string of the molecule is Cc1cccc(/C=C2\Oc3c4c(cc(C)c3C2=O)OCN(Cc2ccccc2Cl)C4)c1. The molecular formula is C26H22ClNO3. The minimum atomic E-state index is -0.0833. The van der Waals surface area contributed by atoms with Gasteiger partial charge in [0, 0.05) is 18.1 Å². The zero-order valence-electron chi connectivity index (χ0n) is 17.4. The second kappa shape index (κ2) is 7.88. The van der Waals surface area contributed by atoms with Crippen molar-refractivity contribution in [3.05, 3.63) is 98.8 Å². The number of ketones is 1. The van der Waals surface area contributed by atoms with Crippen LogP contribution in [-0.2, 0) is 13.1 Å². The Hall–Kier alpha value is -3.08. The molecule has 0 amide bonds. The van der Waals surface area contributed by atoms with Crippen LogP contribution in [0.4, 0.5) is 0 Å². The lowest BCUT2D eigenvalue weighted by Gasteiger charge is -2.30. The first-order valence-electron chi connectivity index (χ1n) is 10.3. The van der Waals surface area contributed by atoms with Crippen molar-refractivity contribution in [3.8, 4) is 11.5 Å². The summed E-state index contributed by atoms with van der Waals surface area (Å²) in [5, 5.41) is 0.734. The summed E-state index contributed by atoms with van der Waals surface area (Å²) in [6.45, 7) is 5.68. The van der Waals surface area contributed by atoms with Gasteiger partial charge in [0.2, 0.25) is 5.78 Å². The lowest BCUT2D eigenvalue weighted by atomic mass is 9.98. The molecule has 0 radical (unpaired) electrons. The monoisotopic (exact) mass is 431 g/mol. The van der Waals surface area contributed by atoms with E-state index < -0.39 is 0 Å². The second-order valence-corrected chi connectivity index (χ2v) is 8.49. The summed E-state index contributed by atoms with van der Waals surface area (Å²) in [7, 11) is 0. The van der Waals surface area contributed by atoms with Gasteiger partial charge in [-0.05, 0) is 48.7 Å². The molecule has 5 rings (SSSR count). The number of hydrogen-bond acceptors (Lipinski definition) is 4. The smallest absolute Gasteiger partial charge is 0.232 e. The molecule has 2 aliphatic rings. The van der Waals surface area contributed by atoms with Crippen molar-refractivity contribution in [1.29, 1.82) is 0 Å². The van der Waals surface area contributed by atoms with Crippen LogP contribution in [0.1, 0.15) is 38.2 Å². The summed E-state index contributed by atoms with van der Waals surface area (Å²) in [6.07, 6.45) is 1.81. The van der Waals surface area contributed by atoms with E-state index in [1.54, 1.807) is 0 Å². The highest BCUT2D eigenvalue weighted by Gasteiger charge is 2.35. The fraction of sp³-hybridized carbons (Fsp3) is 0.192. The number of Topliss-reactive ketones (excluding diaryl/α,β-unsaturated/α-hetero) is 1. The summed E-state index contributed by atoms with van der Waals surface area (Å²) in [6, 6.07) is 17.7. The fourth-order valence-electron chi connectivity index (χ4n) is 4.16. The topological polar surface area (TPSA) is 38.8 Å². The Balaban J connectivity index is 1.48. The minimum absolute atomic E-state index is 0.0833. The van der Waals surface area contributed by atoms with E-state index in [1.165, 1.54) is 0 Å². The third kappa shape index (κ3) is 3.73. The molecule has 0 spiro atoms. The van der Waals surface area contributed by atoms with Gasteiger partial charge in [-0.15, -0.1) is 0 Å². The van der Waals surface area contributed by atoms with Crippen LogP contribution in [0.25, 0.3) is 6.08 Å². The summed E-state index contributed by atoms with van der Waals surface area (Å²) in [4.78, 5) is 15.3. The van der Waals surface area contributed by atoms with Gasteiger partial charge in [-0.2, -0.15) is 0 Å². The highest BCUT2D eigenvalue weighted by Crippen LogP contribution is 2.44. The molecule has 3 aromatic carbocycles. The molecule has 156 valence electrons.